The summed E-state index contributed by atoms with van der Waals surface area (Å²) in [6.45, 7) is 2.06. The van der Waals surface area contributed by atoms with E-state index in [2.05, 4.69) is 17.2 Å². The van der Waals surface area contributed by atoms with Crippen LogP contribution < -0.4 is 5.32 Å². The predicted molar refractivity (Wildman–Crippen MR) is 110 cm³/mol. The van der Waals surface area contributed by atoms with E-state index in [-0.39, 0.29) is 16.7 Å². The van der Waals surface area contributed by atoms with E-state index in [4.69, 9.17) is 0 Å². The van der Waals surface area contributed by atoms with E-state index in [0.29, 0.717) is 12.2 Å². The molecule has 0 unspecified atom stereocenters. The van der Waals surface area contributed by atoms with E-state index >= 15 is 0 Å². The maximum atomic E-state index is 12.8. The van der Waals surface area contributed by atoms with E-state index in [1.54, 1.807) is 23.0 Å². The molecule has 0 radical (unpaired) electrons. The number of carbonyl (C=O) groups excluding carboxylic acids is 2. The lowest BCUT2D eigenvalue weighted by Gasteiger charge is -2.29. The van der Waals surface area contributed by atoms with Gasteiger partial charge in [-0.05, 0) is 49.7 Å². The van der Waals surface area contributed by atoms with Crippen molar-refractivity contribution in [1.82, 2.24) is 14.5 Å². The van der Waals surface area contributed by atoms with Gasteiger partial charge < -0.3 is 10.2 Å². The quantitative estimate of drug-likeness (QED) is 0.742. The number of nitrogens with one attached hydrogen (secondary N) is 1. The van der Waals surface area contributed by atoms with Gasteiger partial charge in [0.1, 0.15) is 12.4 Å². The van der Waals surface area contributed by atoms with Gasteiger partial charge in [-0.2, -0.15) is 0 Å². The topological polar surface area (TPSA) is 67.2 Å². The molecule has 7 heteroatoms. The van der Waals surface area contributed by atoms with Crippen molar-refractivity contribution in [3.8, 4) is 5.69 Å². The van der Waals surface area contributed by atoms with Crippen molar-refractivity contribution in [3.63, 3.8) is 0 Å². The number of imidazole rings is 1. The van der Waals surface area contributed by atoms with Crippen LogP contribution in [0.1, 0.15) is 19.8 Å². The van der Waals surface area contributed by atoms with Crippen LogP contribution >= 0.6 is 11.8 Å². The highest BCUT2D eigenvalue weighted by Crippen LogP contribution is 2.47. The normalized spacial score (nSPS) is 24.0. The minimum absolute atomic E-state index is 0.0787. The van der Waals surface area contributed by atoms with Crippen molar-refractivity contribution in [2.45, 2.75) is 30.7 Å². The third-order valence-corrected chi connectivity index (χ3v) is 7.12. The van der Waals surface area contributed by atoms with Crippen molar-refractivity contribution >= 4 is 40.3 Å². The molecular formula is C21H20N4O2S. The highest BCUT2D eigenvalue weighted by atomic mass is 32.2. The zero-order valence-corrected chi connectivity index (χ0v) is 16.3. The summed E-state index contributed by atoms with van der Waals surface area (Å²) < 4.78 is 2.02. The molecule has 3 heterocycles. The first-order chi connectivity index (χ1) is 13.5. The van der Waals surface area contributed by atoms with Gasteiger partial charge in [-0.3, -0.25) is 14.2 Å². The minimum Gasteiger partial charge on any atom is -0.324 e. The molecule has 28 heavy (non-hydrogen) atoms. The summed E-state index contributed by atoms with van der Waals surface area (Å²) in [6.07, 6.45) is 3.14. The number of carbonyl (C=O) groups is 2. The molecule has 2 aromatic carbocycles. The second kappa shape index (κ2) is 6.38. The van der Waals surface area contributed by atoms with Crippen molar-refractivity contribution in [2.24, 2.45) is 0 Å². The molecule has 2 amide bonds. The number of para-hydroxylation sites is 2. The second-order valence-electron chi connectivity index (χ2n) is 7.40. The summed E-state index contributed by atoms with van der Waals surface area (Å²) in [5.41, 5.74) is 3.68. The Kier molecular flexibility index (Phi) is 3.94. The number of anilines is 1. The van der Waals surface area contributed by atoms with Crippen molar-refractivity contribution in [3.05, 3.63) is 54.9 Å². The van der Waals surface area contributed by atoms with Crippen LogP contribution in [0.25, 0.3) is 16.7 Å². The van der Waals surface area contributed by atoms with Gasteiger partial charge in [0.25, 0.3) is 0 Å². The number of nitrogens with zero attached hydrogens (tertiary/aromatic N) is 3. The van der Waals surface area contributed by atoms with Crippen molar-refractivity contribution in [1.29, 1.82) is 0 Å². The first kappa shape index (κ1) is 17.3. The highest BCUT2D eigenvalue weighted by molar-refractivity contribution is 8.01. The molecule has 0 spiro atoms. The molecule has 1 aromatic heterocycles. The standard InChI is InChI=1S/C21H20N4O2S/c1-21-11-10-19(26)25(21)18(12-28-21)20(27)23-14-6-8-15(9-7-14)24-13-22-16-4-2-3-5-17(16)24/h2-9,13,18H,10-12H2,1H3,(H,23,27)/t18-,21-/m1/s1. The number of thioether (sulfide) groups is 1. The molecule has 2 aliphatic rings. The van der Waals surface area contributed by atoms with E-state index in [1.165, 1.54) is 0 Å². The molecule has 6 nitrogen and oxygen atoms in total. The van der Waals surface area contributed by atoms with Gasteiger partial charge in [-0.25, -0.2) is 4.98 Å². The number of rotatable bonds is 3. The Bertz CT molecular complexity index is 1080. The smallest absolute Gasteiger partial charge is 0.248 e. The van der Waals surface area contributed by atoms with Gasteiger partial charge in [0, 0.05) is 23.5 Å². The molecule has 2 aliphatic heterocycles. The second-order valence-corrected chi connectivity index (χ2v) is 8.91. The Labute approximate surface area is 166 Å². The number of aromatic nitrogens is 2. The number of amides is 2. The maximum Gasteiger partial charge on any atom is 0.248 e. The van der Waals surface area contributed by atoms with Crippen molar-refractivity contribution in [2.75, 3.05) is 11.1 Å². The fourth-order valence-corrected chi connectivity index (χ4v) is 5.54. The van der Waals surface area contributed by atoms with E-state index < -0.39 is 6.04 Å². The fourth-order valence-electron chi connectivity index (χ4n) is 4.11. The van der Waals surface area contributed by atoms with Crippen LogP contribution in [0, 0.1) is 0 Å². The molecule has 2 atom stereocenters. The molecule has 0 bridgehead atoms. The molecule has 5 rings (SSSR count). The van der Waals surface area contributed by atoms with E-state index in [1.807, 2.05) is 53.1 Å². The number of hydrogen-bond donors (Lipinski definition) is 1. The fraction of sp³-hybridized carbons (Fsp3) is 0.286. The molecule has 0 saturated carbocycles. The lowest BCUT2D eigenvalue weighted by atomic mass is 10.2. The van der Waals surface area contributed by atoms with Crippen molar-refractivity contribution < 1.29 is 9.59 Å². The minimum atomic E-state index is -0.401. The molecular weight excluding hydrogens is 372 g/mol. The zero-order valence-electron chi connectivity index (χ0n) is 15.5. The molecule has 3 aromatic rings. The van der Waals surface area contributed by atoms with Gasteiger partial charge in [-0.15, -0.1) is 11.8 Å². The Morgan fingerprint density at radius 2 is 2.00 bits per heavy atom. The lowest BCUT2D eigenvalue weighted by molar-refractivity contribution is -0.135. The number of hydrogen-bond acceptors (Lipinski definition) is 4. The predicted octanol–water partition coefficient (Wildman–Crippen LogP) is 3.42. The molecule has 0 aliphatic carbocycles. The van der Waals surface area contributed by atoms with Crippen LogP contribution in [0.2, 0.25) is 0 Å². The van der Waals surface area contributed by atoms with Gasteiger partial charge in [0.2, 0.25) is 11.8 Å². The Morgan fingerprint density at radius 3 is 2.82 bits per heavy atom. The van der Waals surface area contributed by atoms with Gasteiger partial charge in [-0.1, -0.05) is 12.1 Å². The van der Waals surface area contributed by atoms with Crippen LogP contribution in [-0.4, -0.2) is 42.9 Å². The van der Waals surface area contributed by atoms with Crippen LogP contribution in [0.15, 0.2) is 54.9 Å². The molecule has 2 saturated heterocycles. The van der Waals surface area contributed by atoms with Crippen LogP contribution in [0.3, 0.4) is 0 Å². The summed E-state index contributed by atoms with van der Waals surface area (Å²) in [7, 11) is 0. The average molecular weight is 392 g/mol. The molecule has 2 fully saturated rings. The third kappa shape index (κ3) is 2.69. The van der Waals surface area contributed by atoms with Crippen LogP contribution in [-0.2, 0) is 9.59 Å². The molecule has 142 valence electrons. The Balaban J connectivity index is 1.34. The van der Waals surface area contributed by atoms with E-state index in [9.17, 15) is 9.59 Å². The monoisotopic (exact) mass is 392 g/mol. The first-order valence-electron chi connectivity index (χ1n) is 9.35. The summed E-state index contributed by atoms with van der Waals surface area (Å²) >= 11 is 1.70. The summed E-state index contributed by atoms with van der Waals surface area (Å²) in [6, 6.07) is 15.2. The summed E-state index contributed by atoms with van der Waals surface area (Å²) in [4.78, 5) is 31.0. The SMILES string of the molecule is C[C@@]12CCC(=O)N1[C@@H](C(=O)Nc1ccc(-n3cnc4ccccc43)cc1)CS2. The highest BCUT2D eigenvalue weighted by Gasteiger charge is 2.52. The Morgan fingerprint density at radius 1 is 1.21 bits per heavy atom. The summed E-state index contributed by atoms with van der Waals surface area (Å²) in [5, 5.41) is 2.97. The third-order valence-electron chi connectivity index (χ3n) is 5.61. The van der Waals surface area contributed by atoms with Gasteiger partial charge in [0.05, 0.1) is 15.9 Å². The van der Waals surface area contributed by atoms with Crippen LogP contribution in [0.5, 0.6) is 0 Å². The average Bonchev–Trinajstić information content (AvgIpc) is 3.36. The van der Waals surface area contributed by atoms with Gasteiger partial charge >= 0.3 is 0 Å². The zero-order chi connectivity index (χ0) is 19.3. The lowest BCUT2D eigenvalue weighted by Crippen LogP contribution is -2.48. The largest absolute Gasteiger partial charge is 0.324 e. The summed E-state index contributed by atoms with van der Waals surface area (Å²) in [5.74, 6) is 0.606. The van der Waals surface area contributed by atoms with E-state index in [0.717, 1.165) is 28.8 Å². The maximum absolute atomic E-state index is 12.8. The van der Waals surface area contributed by atoms with Crippen LogP contribution in [0.4, 0.5) is 5.69 Å². The Hall–Kier alpha value is -2.80. The number of fused-ring (bicyclic) bond motifs is 2. The number of benzene rings is 2. The first-order valence-corrected chi connectivity index (χ1v) is 10.3. The van der Waals surface area contributed by atoms with Gasteiger partial charge in [0.15, 0.2) is 0 Å². The molecule has 1 N–H and O–H groups in total.